The van der Waals surface area contributed by atoms with Crippen LogP contribution in [0.25, 0.3) is 0 Å². The van der Waals surface area contributed by atoms with Crippen LogP contribution in [0.3, 0.4) is 0 Å². The van der Waals surface area contributed by atoms with E-state index in [9.17, 15) is 13.6 Å². The molecule has 2 aromatic rings. The van der Waals surface area contributed by atoms with Crippen LogP contribution >= 0.6 is 0 Å². The molecule has 1 saturated carbocycles. The van der Waals surface area contributed by atoms with Crippen LogP contribution in [-0.2, 0) is 32.7 Å². The van der Waals surface area contributed by atoms with E-state index in [0.717, 1.165) is 25.7 Å². The molecular weight excluding hydrogens is 399 g/mol. The molecule has 2 nitrogen and oxygen atoms in total. The summed E-state index contributed by atoms with van der Waals surface area (Å²) >= 11 is 0. The van der Waals surface area contributed by atoms with Crippen LogP contribution in [0.1, 0.15) is 54.4 Å². The maximum Gasteiger partial charge on any atom is 3.00 e. The number of rotatable bonds is 3. The Balaban J connectivity index is 0.00000225. The van der Waals surface area contributed by atoms with Gasteiger partial charge in [0.2, 0.25) is 0 Å². The van der Waals surface area contributed by atoms with Crippen LogP contribution in [0, 0.1) is 23.6 Å². The van der Waals surface area contributed by atoms with E-state index < -0.39 is 23.2 Å². The van der Waals surface area contributed by atoms with Gasteiger partial charge in [0.05, 0.1) is 0 Å². The molecular formula is C20H19F2O2Y+2. The standard InChI is InChI=1S/C20H19F2O2.Y/c1-13-7-9-14(10-8-13)15-11-17(21)19(18(22)12-15)20(23)24-16-5-3-2-4-6-16;/h3-6,11-14H,7-10H2,1H3;/q-1;+3. The summed E-state index contributed by atoms with van der Waals surface area (Å²) in [4.78, 5) is 12.1. The monoisotopic (exact) mass is 418 g/mol. The maximum atomic E-state index is 14.3. The minimum absolute atomic E-state index is 0. The molecule has 0 amide bonds. The van der Waals surface area contributed by atoms with Gasteiger partial charge in [-0.1, -0.05) is 19.8 Å². The average Bonchev–Trinajstić information content (AvgIpc) is 2.55. The maximum absolute atomic E-state index is 14.3. The predicted molar refractivity (Wildman–Crippen MR) is 87.0 cm³/mol. The van der Waals surface area contributed by atoms with Gasteiger partial charge < -0.3 is 4.74 Å². The Labute approximate surface area is 171 Å². The van der Waals surface area contributed by atoms with Gasteiger partial charge in [0, 0.05) is 5.75 Å². The van der Waals surface area contributed by atoms with Crippen molar-refractivity contribution in [2.24, 2.45) is 5.92 Å². The molecule has 3 rings (SSSR count). The summed E-state index contributed by atoms with van der Waals surface area (Å²) in [6, 6.07) is 11.5. The number of hydrogen-bond donors (Lipinski definition) is 0. The topological polar surface area (TPSA) is 26.3 Å². The third-order valence-corrected chi connectivity index (χ3v) is 4.65. The molecule has 1 fully saturated rings. The van der Waals surface area contributed by atoms with E-state index in [1.165, 1.54) is 24.3 Å². The van der Waals surface area contributed by atoms with E-state index in [-0.39, 0.29) is 44.4 Å². The Morgan fingerprint density at radius 3 is 2.20 bits per heavy atom. The second-order valence-corrected chi connectivity index (χ2v) is 6.44. The molecule has 0 radical (unpaired) electrons. The smallest absolute Gasteiger partial charge is 0.449 e. The number of esters is 1. The quantitative estimate of drug-likeness (QED) is 0.386. The van der Waals surface area contributed by atoms with Gasteiger partial charge in [-0.3, -0.25) is 0 Å². The molecule has 25 heavy (non-hydrogen) atoms. The fourth-order valence-electron chi connectivity index (χ4n) is 3.21. The molecule has 0 atom stereocenters. The van der Waals surface area contributed by atoms with Crippen LogP contribution in [-0.4, -0.2) is 5.97 Å². The number of ether oxygens (including phenoxy) is 1. The van der Waals surface area contributed by atoms with Crippen LogP contribution < -0.4 is 4.74 Å². The summed E-state index contributed by atoms with van der Waals surface area (Å²) < 4.78 is 33.7. The van der Waals surface area contributed by atoms with E-state index in [0.29, 0.717) is 11.5 Å². The minimum atomic E-state index is -1.03. The van der Waals surface area contributed by atoms with E-state index >= 15 is 0 Å². The molecule has 126 valence electrons. The number of carbonyl (C=O) groups is 1. The van der Waals surface area contributed by atoms with Crippen molar-refractivity contribution in [1.82, 2.24) is 0 Å². The number of carbonyl (C=O) groups excluding carboxylic acids is 1. The summed E-state index contributed by atoms with van der Waals surface area (Å²) in [6.45, 7) is 2.19. The number of benzene rings is 2. The Kier molecular flexibility index (Phi) is 7.27. The van der Waals surface area contributed by atoms with Crippen molar-refractivity contribution in [3.63, 3.8) is 0 Å². The van der Waals surface area contributed by atoms with Crippen molar-refractivity contribution in [2.45, 2.75) is 38.5 Å². The molecule has 0 bridgehead atoms. The Hall–Kier alpha value is -1.13. The van der Waals surface area contributed by atoms with Gasteiger partial charge in [-0.25, -0.2) is 13.6 Å². The van der Waals surface area contributed by atoms with Crippen LogP contribution in [0.4, 0.5) is 8.78 Å². The predicted octanol–water partition coefficient (Wildman–Crippen LogP) is 5.28. The van der Waals surface area contributed by atoms with E-state index in [2.05, 4.69) is 13.0 Å². The second-order valence-electron chi connectivity index (χ2n) is 6.44. The van der Waals surface area contributed by atoms with Gasteiger partial charge in [-0.2, -0.15) is 18.2 Å². The van der Waals surface area contributed by atoms with Crippen LogP contribution in [0.15, 0.2) is 36.4 Å². The van der Waals surface area contributed by atoms with E-state index in [1.807, 2.05) is 0 Å². The third-order valence-electron chi connectivity index (χ3n) is 4.65. The average molecular weight is 418 g/mol. The summed E-state index contributed by atoms with van der Waals surface area (Å²) in [5.74, 6) is -1.72. The first kappa shape index (κ1) is 20.2. The fraction of sp³-hybridized carbons (Fsp3) is 0.350. The van der Waals surface area contributed by atoms with Gasteiger partial charge in [-0.15, -0.1) is 12.1 Å². The zero-order valence-corrected chi connectivity index (χ0v) is 16.9. The van der Waals surface area contributed by atoms with Crippen molar-refractivity contribution in [3.05, 3.63) is 65.2 Å². The minimum Gasteiger partial charge on any atom is -0.449 e. The Morgan fingerprint density at radius 2 is 1.64 bits per heavy atom. The molecule has 2 aromatic carbocycles. The number of halogens is 2. The first-order valence-electron chi connectivity index (χ1n) is 8.22. The molecule has 0 unspecified atom stereocenters. The summed E-state index contributed by atoms with van der Waals surface area (Å²) in [7, 11) is 0. The Bertz CT molecular complexity index is 703. The molecule has 0 heterocycles. The summed E-state index contributed by atoms with van der Waals surface area (Å²) in [5, 5.41) is 0. The van der Waals surface area contributed by atoms with Crippen LogP contribution in [0.2, 0.25) is 0 Å². The molecule has 5 heteroatoms. The van der Waals surface area contributed by atoms with Crippen molar-refractivity contribution in [2.75, 3.05) is 0 Å². The molecule has 0 saturated heterocycles. The Morgan fingerprint density at radius 1 is 1.08 bits per heavy atom. The molecule has 1 aliphatic carbocycles. The third kappa shape index (κ3) is 4.95. The first-order valence-corrected chi connectivity index (χ1v) is 8.22. The normalized spacial score (nSPS) is 19.8. The zero-order chi connectivity index (χ0) is 17.1. The molecule has 1 aliphatic rings. The van der Waals surface area contributed by atoms with Gasteiger partial charge in [0.25, 0.3) is 0 Å². The van der Waals surface area contributed by atoms with Crippen molar-refractivity contribution >= 4 is 5.97 Å². The van der Waals surface area contributed by atoms with Crippen molar-refractivity contribution < 1.29 is 51.0 Å². The largest absolute Gasteiger partial charge is 3.00 e. The van der Waals surface area contributed by atoms with E-state index in [1.54, 1.807) is 12.1 Å². The van der Waals surface area contributed by atoms with Crippen molar-refractivity contribution in [1.29, 1.82) is 0 Å². The molecule has 0 spiro atoms. The van der Waals surface area contributed by atoms with Gasteiger partial charge in [0.15, 0.2) is 0 Å². The zero-order valence-electron chi connectivity index (χ0n) is 14.1. The summed E-state index contributed by atoms with van der Waals surface area (Å²) in [6.07, 6.45) is 3.96. The van der Waals surface area contributed by atoms with Crippen LogP contribution in [0.5, 0.6) is 5.75 Å². The van der Waals surface area contributed by atoms with Crippen molar-refractivity contribution in [3.8, 4) is 5.75 Å². The fourth-order valence-corrected chi connectivity index (χ4v) is 3.21. The number of hydrogen-bond acceptors (Lipinski definition) is 2. The van der Waals surface area contributed by atoms with Gasteiger partial charge in [-0.05, 0) is 42.4 Å². The first-order chi connectivity index (χ1) is 11.5. The van der Waals surface area contributed by atoms with Gasteiger partial charge >= 0.3 is 38.7 Å². The van der Waals surface area contributed by atoms with Gasteiger partial charge in [0.1, 0.15) is 17.2 Å². The molecule has 0 aliphatic heterocycles. The molecule has 0 N–H and O–H groups in total. The SMILES string of the molecule is CC1CCC(c2cc(F)c(C(=O)Oc3cc[c-]cc3)c(F)c2)CC1.[Y+3]. The second kappa shape index (κ2) is 9.00. The molecule has 0 aromatic heterocycles. The van der Waals surface area contributed by atoms with E-state index in [4.69, 9.17) is 4.74 Å². The summed E-state index contributed by atoms with van der Waals surface area (Å²) in [5.41, 5.74) is -0.0153.